The highest BCUT2D eigenvalue weighted by atomic mass is 16.5. The molecule has 0 aromatic heterocycles. The lowest BCUT2D eigenvalue weighted by molar-refractivity contribution is 0.299. The van der Waals surface area contributed by atoms with Gasteiger partial charge in [0.1, 0.15) is 5.75 Å². The molecule has 2 aromatic carbocycles. The number of rotatable bonds is 6. The Morgan fingerprint density at radius 3 is 2.92 bits per heavy atom. The van der Waals surface area contributed by atoms with E-state index >= 15 is 0 Å². The Morgan fingerprint density at radius 1 is 1.15 bits per heavy atom. The molecule has 138 valence electrons. The highest BCUT2D eigenvalue weighted by Gasteiger charge is 2.23. The van der Waals surface area contributed by atoms with E-state index in [0.717, 1.165) is 44.8 Å². The molecule has 1 aliphatic carbocycles. The Kier molecular flexibility index (Phi) is 5.28. The molecule has 1 heterocycles. The highest BCUT2D eigenvalue weighted by molar-refractivity contribution is 5.43. The third-order valence-corrected chi connectivity index (χ3v) is 6.02. The lowest BCUT2D eigenvalue weighted by atomic mass is 9.82. The fourth-order valence-corrected chi connectivity index (χ4v) is 4.59. The lowest BCUT2D eigenvalue weighted by Crippen LogP contribution is -2.28. The molecule has 2 aromatic rings. The van der Waals surface area contributed by atoms with Crippen molar-refractivity contribution in [3.63, 3.8) is 0 Å². The van der Waals surface area contributed by atoms with Crippen molar-refractivity contribution in [2.24, 2.45) is 0 Å². The van der Waals surface area contributed by atoms with Crippen LogP contribution in [-0.4, -0.2) is 32.1 Å². The lowest BCUT2D eigenvalue weighted by Gasteiger charge is -2.30. The topological polar surface area (TPSA) is 24.5 Å². The molecule has 26 heavy (non-hydrogen) atoms. The van der Waals surface area contributed by atoms with Crippen LogP contribution in [0.15, 0.2) is 36.4 Å². The average molecular weight is 351 g/mol. The van der Waals surface area contributed by atoms with Crippen LogP contribution >= 0.6 is 0 Å². The molecule has 0 saturated heterocycles. The molecule has 0 spiro atoms. The maximum atomic E-state index is 5.59. The molecule has 0 radical (unpaired) electrons. The molecule has 0 unspecified atom stereocenters. The van der Waals surface area contributed by atoms with E-state index < -0.39 is 0 Å². The van der Waals surface area contributed by atoms with Gasteiger partial charge in [0.2, 0.25) is 0 Å². The summed E-state index contributed by atoms with van der Waals surface area (Å²) in [6.07, 6.45) is 4.84. The Labute approximate surface area is 157 Å². The van der Waals surface area contributed by atoms with Crippen LogP contribution in [0, 0.1) is 0 Å². The molecule has 0 bridgehead atoms. The Morgan fingerprint density at radius 2 is 2.04 bits per heavy atom. The number of hydrogen-bond donors (Lipinski definition) is 1. The van der Waals surface area contributed by atoms with Crippen molar-refractivity contribution in [1.29, 1.82) is 0 Å². The van der Waals surface area contributed by atoms with Crippen LogP contribution in [0.2, 0.25) is 0 Å². The van der Waals surface area contributed by atoms with Gasteiger partial charge in [0, 0.05) is 26.2 Å². The van der Waals surface area contributed by atoms with Gasteiger partial charge in [-0.2, -0.15) is 0 Å². The zero-order valence-corrected chi connectivity index (χ0v) is 16.1. The van der Waals surface area contributed by atoms with E-state index in [-0.39, 0.29) is 0 Å². The van der Waals surface area contributed by atoms with E-state index in [2.05, 4.69) is 53.7 Å². The summed E-state index contributed by atoms with van der Waals surface area (Å²) in [4.78, 5) is 2.50. The van der Waals surface area contributed by atoms with Gasteiger partial charge in [-0.1, -0.05) is 30.3 Å². The molecule has 1 atom stereocenters. The monoisotopic (exact) mass is 350 g/mol. The molecule has 0 fully saturated rings. The van der Waals surface area contributed by atoms with E-state index in [1.165, 1.54) is 40.7 Å². The van der Waals surface area contributed by atoms with Crippen molar-refractivity contribution in [2.75, 3.05) is 27.2 Å². The third-order valence-electron chi connectivity index (χ3n) is 6.02. The van der Waals surface area contributed by atoms with Crippen LogP contribution in [0.25, 0.3) is 0 Å². The van der Waals surface area contributed by atoms with E-state index in [4.69, 9.17) is 4.74 Å². The third kappa shape index (κ3) is 3.65. The van der Waals surface area contributed by atoms with Crippen molar-refractivity contribution in [3.8, 4) is 5.75 Å². The van der Waals surface area contributed by atoms with Gasteiger partial charge in [-0.25, -0.2) is 0 Å². The van der Waals surface area contributed by atoms with Crippen LogP contribution in [0.3, 0.4) is 0 Å². The van der Waals surface area contributed by atoms with E-state index in [9.17, 15) is 0 Å². The molecule has 3 nitrogen and oxygen atoms in total. The summed E-state index contributed by atoms with van der Waals surface area (Å²) in [5.41, 5.74) is 7.36. The molecule has 4 rings (SSSR count). The zero-order valence-electron chi connectivity index (χ0n) is 16.1. The number of fused-ring (bicyclic) bond motifs is 2. The second kappa shape index (κ2) is 7.81. The molecule has 1 aliphatic heterocycles. The Bertz CT molecular complexity index is 771. The second-order valence-corrected chi connectivity index (χ2v) is 7.84. The van der Waals surface area contributed by atoms with Crippen LogP contribution in [-0.2, 0) is 25.9 Å². The van der Waals surface area contributed by atoms with Crippen molar-refractivity contribution < 1.29 is 4.74 Å². The zero-order chi connectivity index (χ0) is 17.9. The minimum absolute atomic E-state index is 0.628. The van der Waals surface area contributed by atoms with E-state index in [1.54, 1.807) is 7.11 Å². The van der Waals surface area contributed by atoms with E-state index in [0.29, 0.717) is 5.92 Å². The van der Waals surface area contributed by atoms with Gasteiger partial charge in [0.25, 0.3) is 0 Å². The molecule has 1 N–H and O–H groups in total. The van der Waals surface area contributed by atoms with Gasteiger partial charge in [0.15, 0.2) is 0 Å². The van der Waals surface area contributed by atoms with Crippen LogP contribution in [0.5, 0.6) is 5.75 Å². The van der Waals surface area contributed by atoms with Crippen LogP contribution in [0.1, 0.15) is 46.6 Å². The highest BCUT2D eigenvalue weighted by Crippen LogP contribution is 2.36. The minimum atomic E-state index is 0.628. The summed E-state index contributed by atoms with van der Waals surface area (Å²) in [5, 5.41) is 3.43. The molecule has 2 aliphatic rings. The molecule has 3 heteroatoms. The summed E-state index contributed by atoms with van der Waals surface area (Å²) in [5.74, 6) is 1.70. The number of nitrogens with zero attached hydrogens (tertiary/aromatic N) is 1. The maximum Gasteiger partial charge on any atom is 0.122 e. The largest absolute Gasteiger partial charge is 0.496 e. The molecular formula is C23H30N2O. The summed E-state index contributed by atoms with van der Waals surface area (Å²) in [6.45, 7) is 4.30. The van der Waals surface area contributed by atoms with Crippen LogP contribution in [0.4, 0.5) is 0 Å². The van der Waals surface area contributed by atoms with Gasteiger partial charge >= 0.3 is 0 Å². The second-order valence-electron chi connectivity index (χ2n) is 7.84. The smallest absolute Gasteiger partial charge is 0.122 e. The number of benzene rings is 2. The van der Waals surface area contributed by atoms with Gasteiger partial charge in [-0.15, -0.1) is 0 Å². The van der Waals surface area contributed by atoms with E-state index in [1.807, 2.05) is 0 Å². The first-order valence-corrected chi connectivity index (χ1v) is 9.90. The predicted octanol–water partition coefficient (Wildman–Crippen LogP) is 3.89. The normalized spacial score (nSPS) is 18.7. The van der Waals surface area contributed by atoms with Gasteiger partial charge in [0.05, 0.1) is 7.11 Å². The number of ether oxygens (including phenoxy) is 1. The Hall–Kier alpha value is -1.84. The number of methoxy groups -OCH3 is 1. The van der Waals surface area contributed by atoms with Crippen LogP contribution < -0.4 is 10.1 Å². The standard InChI is InChI=1S/C23H30N2O/c1-25(12-11-17-9-10-18-14-24-15-20(18)13-17)16-19-5-3-7-22-21(19)6-4-8-23(22)26-2/h4,6,8-10,13,19,24H,3,5,7,11-12,14-16H2,1-2H3/t19-/m0/s1. The SMILES string of the molecule is COc1cccc2c1CCC[C@H]2CN(C)CCc1ccc2c(c1)CNC2. The fraction of sp³-hybridized carbons (Fsp3) is 0.478. The van der Waals surface area contributed by atoms with Gasteiger partial charge in [-0.05, 0) is 72.5 Å². The summed E-state index contributed by atoms with van der Waals surface area (Å²) in [7, 11) is 4.06. The molecular weight excluding hydrogens is 320 g/mol. The number of nitrogens with one attached hydrogen (secondary N) is 1. The molecule has 0 saturated carbocycles. The quantitative estimate of drug-likeness (QED) is 0.855. The van der Waals surface area contributed by atoms with Crippen molar-refractivity contribution >= 4 is 0 Å². The predicted molar refractivity (Wildman–Crippen MR) is 107 cm³/mol. The average Bonchev–Trinajstić information content (AvgIpc) is 3.14. The first-order chi connectivity index (χ1) is 12.7. The van der Waals surface area contributed by atoms with Gasteiger partial charge in [-0.3, -0.25) is 0 Å². The van der Waals surface area contributed by atoms with Crippen molar-refractivity contribution in [2.45, 2.75) is 44.7 Å². The first-order valence-electron chi connectivity index (χ1n) is 9.90. The fourth-order valence-electron chi connectivity index (χ4n) is 4.59. The van der Waals surface area contributed by atoms with Crippen molar-refractivity contribution in [3.05, 3.63) is 64.2 Å². The Balaban J connectivity index is 1.38. The van der Waals surface area contributed by atoms with Crippen molar-refractivity contribution in [1.82, 2.24) is 10.2 Å². The summed E-state index contributed by atoms with van der Waals surface area (Å²) < 4.78 is 5.59. The van der Waals surface area contributed by atoms with Gasteiger partial charge < -0.3 is 15.0 Å². The summed E-state index contributed by atoms with van der Waals surface area (Å²) >= 11 is 0. The maximum absolute atomic E-state index is 5.59. The summed E-state index contributed by atoms with van der Waals surface area (Å²) in [6, 6.07) is 13.6. The number of likely N-dealkylation sites (N-methyl/N-ethyl adjacent to an activating group) is 1. The molecule has 0 amide bonds. The minimum Gasteiger partial charge on any atom is -0.496 e. The first kappa shape index (κ1) is 17.6. The number of hydrogen-bond acceptors (Lipinski definition) is 3.